The highest BCUT2D eigenvalue weighted by molar-refractivity contribution is 7.88. The van der Waals surface area contributed by atoms with E-state index in [1.807, 2.05) is 9.80 Å². The van der Waals surface area contributed by atoms with Gasteiger partial charge in [0, 0.05) is 25.7 Å². The zero-order chi connectivity index (χ0) is 21.7. The third kappa shape index (κ3) is 6.55. The SMILES string of the molecule is CC(C)C1CCC(OCC2C(NS(C)(=O)=O)CCCN2C(=O)N2CCOCC2)CC1. The molecule has 2 amide bonds. The summed E-state index contributed by atoms with van der Waals surface area (Å²) in [5.41, 5.74) is 0. The third-order valence-electron chi connectivity index (χ3n) is 6.84. The first-order valence-electron chi connectivity index (χ1n) is 11.5. The van der Waals surface area contributed by atoms with E-state index in [0.29, 0.717) is 51.8 Å². The molecule has 1 aliphatic carbocycles. The van der Waals surface area contributed by atoms with Gasteiger partial charge in [0.15, 0.2) is 0 Å². The van der Waals surface area contributed by atoms with Crippen molar-refractivity contribution < 1.29 is 22.7 Å². The summed E-state index contributed by atoms with van der Waals surface area (Å²) in [6, 6.07) is -0.632. The Bertz CT molecular complexity index is 658. The lowest BCUT2D eigenvalue weighted by molar-refractivity contribution is -0.0305. The number of urea groups is 1. The molecular weight excluding hydrogens is 406 g/mol. The van der Waals surface area contributed by atoms with Crippen LogP contribution in [0.3, 0.4) is 0 Å². The maximum Gasteiger partial charge on any atom is 0.320 e. The minimum atomic E-state index is -3.37. The van der Waals surface area contributed by atoms with Crippen molar-refractivity contribution in [3.63, 3.8) is 0 Å². The Balaban J connectivity index is 1.65. The Labute approximate surface area is 181 Å². The standard InChI is InChI=1S/C21H39N3O5S/c1-16(2)17-6-8-18(9-7-17)29-15-20-19(22-30(3,26)27)5-4-10-24(20)21(25)23-11-13-28-14-12-23/h16-20,22H,4-15H2,1-3H3. The van der Waals surface area contributed by atoms with Crippen molar-refractivity contribution in [2.24, 2.45) is 11.8 Å². The topological polar surface area (TPSA) is 88.2 Å². The number of hydrogen-bond donors (Lipinski definition) is 1. The molecule has 0 spiro atoms. The first kappa shape index (κ1) is 23.8. The average molecular weight is 446 g/mol. The first-order chi connectivity index (χ1) is 14.2. The number of nitrogens with one attached hydrogen (secondary N) is 1. The number of rotatable bonds is 6. The summed E-state index contributed by atoms with van der Waals surface area (Å²) in [6.45, 7) is 7.82. The summed E-state index contributed by atoms with van der Waals surface area (Å²) in [7, 11) is -3.37. The van der Waals surface area contributed by atoms with Crippen LogP contribution in [-0.2, 0) is 19.5 Å². The molecule has 0 radical (unpaired) electrons. The number of amides is 2. The van der Waals surface area contributed by atoms with E-state index in [1.165, 1.54) is 19.1 Å². The van der Waals surface area contributed by atoms with Crippen molar-refractivity contribution in [1.29, 1.82) is 0 Å². The van der Waals surface area contributed by atoms with Crippen molar-refractivity contribution in [2.75, 3.05) is 45.7 Å². The highest BCUT2D eigenvalue weighted by atomic mass is 32.2. The van der Waals surface area contributed by atoms with E-state index in [9.17, 15) is 13.2 Å². The monoisotopic (exact) mass is 445 g/mol. The van der Waals surface area contributed by atoms with E-state index < -0.39 is 10.0 Å². The lowest BCUT2D eigenvalue weighted by Gasteiger charge is -2.44. The zero-order valence-corrected chi connectivity index (χ0v) is 19.5. The van der Waals surface area contributed by atoms with Gasteiger partial charge in [-0.25, -0.2) is 17.9 Å². The van der Waals surface area contributed by atoms with Gasteiger partial charge in [0.2, 0.25) is 10.0 Å². The molecule has 8 nitrogen and oxygen atoms in total. The molecule has 0 aromatic carbocycles. The van der Waals surface area contributed by atoms with Crippen LogP contribution in [0.4, 0.5) is 4.79 Å². The van der Waals surface area contributed by atoms with E-state index in [-0.39, 0.29) is 24.2 Å². The molecule has 30 heavy (non-hydrogen) atoms. The van der Waals surface area contributed by atoms with Gasteiger partial charge in [-0.1, -0.05) is 13.8 Å². The fourth-order valence-corrected chi connectivity index (χ4v) is 5.83. The fraction of sp³-hybridized carbons (Fsp3) is 0.952. The first-order valence-corrected chi connectivity index (χ1v) is 13.4. The van der Waals surface area contributed by atoms with Crippen LogP contribution in [0.1, 0.15) is 52.4 Å². The molecule has 1 N–H and O–H groups in total. The number of piperidine rings is 1. The average Bonchev–Trinajstić information content (AvgIpc) is 2.72. The molecule has 2 atom stereocenters. The molecule has 2 aliphatic heterocycles. The van der Waals surface area contributed by atoms with E-state index >= 15 is 0 Å². The fourth-order valence-electron chi connectivity index (χ4n) is 5.01. The van der Waals surface area contributed by atoms with Crippen LogP contribution >= 0.6 is 0 Å². The Morgan fingerprint density at radius 3 is 2.37 bits per heavy atom. The van der Waals surface area contributed by atoms with E-state index in [2.05, 4.69) is 18.6 Å². The van der Waals surface area contributed by atoms with Gasteiger partial charge in [-0.05, 0) is 50.4 Å². The molecule has 0 aromatic rings. The summed E-state index contributed by atoms with van der Waals surface area (Å²) in [4.78, 5) is 16.9. The van der Waals surface area contributed by atoms with Crippen molar-refractivity contribution in [3.8, 4) is 0 Å². The molecule has 2 heterocycles. The highest BCUT2D eigenvalue weighted by Crippen LogP contribution is 2.32. The summed E-state index contributed by atoms with van der Waals surface area (Å²) in [5, 5.41) is 0. The van der Waals surface area contributed by atoms with Gasteiger partial charge in [-0.2, -0.15) is 0 Å². The predicted octanol–water partition coefficient (Wildman–Crippen LogP) is 2.05. The minimum Gasteiger partial charge on any atom is -0.378 e. The van der Waals surface area contributed by atoms with Gasteiger partial charge in [0.1, 0.15) is 0 Å². The number of likely N-dealkylation sites (tertiary alicyclic amines) is 1. The van der Waals surface area contributed by atoms with Crippen LogP contribution < -0.4 is 4.72 Å². The number of carbonyl (C=O) groups is 1. The Kier molecular flexibility index (Phi) is 8.40. The minimum absolute atomic E-state index is 0.0320. The number of sulfonamides is 1. The van der Waals surface area contributed by atoms with Crippen LogP contribution in [0, 0.1) is 11.8 Å². The van der Waals surface area contributed by atoms with Gasteiger partial charge >= 0.3 is 6.03 Å². The lowest BCUT2D eigenvalue weighted by Crippen LogP contribution is -2.62. The summed E-state index contributed by atoms with van der Waals surface area (Å²) in [6.07, 6.45) is 7.30. The maximum atomic E-state index is 13.2. The number of ether oxygens (including phenoxy) is 2. The van der Waals surface area contributed by atoms with E-state index in [1.54, 1.807) is 0 Å². The second-order valence-electron chi connectivity index (χ2n) is 9.40. The van der Waals surface area contributed by atoms with Crippen LogP contribution in [-0.4, -0.2) is 88.1 Å². The molecule has 3 aliphatic rings. The van der Waals surface area contributed by atoms with Crippen LogP contribution in [0.5, 0.6) is 0 Å². The molecule has 2 saturated heterocycles. The summed E-state index contributed by atoms with van der Waals surface area (Å²) in [5.74, 6) is 1.47. The Hall–Kier alpha value is -0.900. The lowest BCUT2D eigenvalue weighted by atomic mass is 9.80. The summed E-state index contributed by atoms with van der Waals surface area (Å²) >= 11 is 0. The van der Waals surface area contributed by atoms with Crippen molar-refractivity contribution in [3.05, 3.63) is 0 Å². The van der Waals surface area contributed by atoms with E-state index in [4.69, 9.17) is 9.47 Å². The van der Waals surface area contributed by atoms with Gasteiger partial charge in [0.05, 0.1) is 38.2 Å². The van der Waals surface area contributed by atoms with Gasteiger partial charge in [-0.3, -0.25) is 0 Å². The number of nitrogens with zero attached hydrogens (tertiary/aromatic N) is 2. The van der Waals surface area contributed by atoms with Crippen LogP contribution in [0.15, 0.2) is 0 Å². The highest BCUT2D eigenvalue weighted by Gasteiger charge is 2.38. The Morgan fingerprint density at radius 1 is 1.10 bits per heavy atom. The molecule has 0 aromatic heterocycles. The van der Waals surface area contributed by atoms with Crippen molar-refractivity contribution >= 4 is 16.1 Å². The molecule has 3 fully saturated rings. The second-order valence-corrected chi connectivity index (χ2v) is 11.2. The normalized spacial score (nSPS) is 31.2. The van der Waals surface area contributed by atoms with Gasteiger partial charge in [-0.15, -0.1) is 0 Å². The number of hydrogen-bond acceptors (Lipinski definition) is 5. The molecule has 9 heteroatoms. The number of morpholine rings is 1. The quantitative estimate of drug-likeness (QED) is 0.676. The maximum absolute atomic E-state index is 13.2. The third-order valence-corrected chi connectivity index (χ3v) is 7.57. The molecule has 2 unspecified atom stereocenters. The van der Waals surface area contributed by atoms with Gasteiger partial charge < -0.3 is 19.3 Å². The van der Waals surface area contributed by atoms with Crippen LogP contribution in [0.2, 0.25) is 0 Å². The van der Waals surface area contributed by atoms with Crippen LogP contribution in [0.25, 0.3) is 0 Å². The van der Waals surface area contributed by atoms with Crippen molar-refractivity contribution in [2.45, 2.75) is 70.6 Å². The molecule has 174 valence electrons. The van der Waals surface area contributed by atoms with Crippen molar-refractivity contribution in [1.82, 2.24) is 14.5 Å². The number of carbonyl (C=O) groups excluding carboxylic acids is 1. The molecular formula is C21H39N3O5S. The summed E-state index contributed by atoms with van der Waals surface area (Å²) < 4.78 is 38.3. The smallest absolute Gasteiger partial charge is 0.320 e. The Morgan fingerprint density at radius 2 is 1.77 bits per heavy atom. The molecule has 3 rings (SSSR count). The molecule has 0 bridgehead atoms. The van der Waals surface area contributed by atoms with E-state index in [0.717, 1.165) is 25.2 Å². The van der Waals surface area contributed by atoms with Gasteiger partial charge in [0.25, 0.3) is 0 Å². The predicted molar refractivity (Wildman–Crippen MR) is 116 cm³/mol. The molecule has 1 saturated carbocycles. The zero-order valence-electron chi connectivity index (χ0n) is 18.7. The largest absolute Gasteiger partial charge is 0.378 e. The second kappa shape index (κ2) is 10.6.